The van der Waals surface area contributed by atoms with Crippen LogP contribution in [0.2, 0.25) is 0 Å². The normalized spacial score (nSPS) is 30.3. The number of nitrogens with two attached hydrogens (primary N) is 1. The number of carbonyl (C=O) groups is 2. The van der Waals surface area contributed by atoms with Crippen molar-refractivity contribution in [1.29, 1.82) is 0 Å². The molecule has 2 saturated carbocycles. The van der Waals surface area contributed by atoms with Crippen molar-refractivity contribution in [3.8, 4) is 0 Å². The SMILES string of the molecule is NC1(CC(=O)NC2CCC(C(=O)O)CC2)CCC1. The molecule has 2 fully saturated rings. The Morgan fingerprint density at radius 2 is 1.83 bits per heavy atom. The van der Waals surface area contributed by atoms with Gasteiger partial charge >= 0.3 is 5.97 Å². The van der Waals surface area contributed by atoms with E-state index in [1.54, 1.807) is 0 Å². The van der Waals surface area contributed by atoms with Crippen molar-refractivity contribution in [2.75, 3.05) is 0 Å². The number of hydrogen-bond acceptors (Lipinski definition) is 3. The van der Waals surface area contributed by atoms with Crippen LogP contribution in [0, 0.1) is 5.92 Å². The molecule has 0 spiro atoms. The Morgan fingerprint density at radius 1 is 1.22 bits per heavy atom. The number of carboxylic acid groups (broad SMARTS) is 1. The molecule has 0 aromatic heterocycles. The number of aliphatic carboxylic acids is 1. The van der Waals surface area contributed by atoms with Crippen molar-refractivity contribution in [2.24, 2.45) is 11.7 Å². The maximum atomic E-state index is 11.8. The number of amides is 1. The molecular weight excluding hydrogens is 232 g/mol. The van der Waals surface area contributed by atoms with Gasteiger partial charge in [0.15, 0.2) is 0 Å². The van der Waals surface area contributed by atoms with Crippen LogP contribution in [0.15, 0.2) is 0 Å². The Labute approximate surface area is 107 Å². The van der Waals surface area contributed by atoms with Gasteiger partial charge in [-0.1, -0.05) is 0 Å². The van der Waals surface area contributed by atoms with E-state index in [9.17, 15) is 9.59 Å². The van der Waals surface area contributed by atoms with Crippen LogP contribution in [0.4, 0.5) is 0 Å². The van der Waals surface area contributed by atoms with Crippen LogP contribution in [0.3, 0.4) is 0 Å². The predicted molar refractivity (Wildman–Crippen MR) is 66.9 cm³/mol. The fraction of sp³-hybridized carbons (Fsp3) is 0.846. The van der Waals surface area contributed by atoms with Crippen molar-refractivity contribution in [3.63, 3.8) is 0 Å². The van der Waals surface area contributed by atoms with Crippen molar-refractivity contribution in [1.82, 2.24) is 5.32 Å². The molecule has 1 amide bonds. The van der Waals surface area contributed by atoms with Crippen LogP contribution in [0.5, 0.6) is 0 Å². The molecular formula is C13H22N2O3. The van der Waals surface area contributed by atoms with Gasteiger partial charge in [0.25, 0.3) is 0 Å². The lowest BCUT2D eigenvalue weighted by Gasteiger charge is -2.38. The first kappa shape index (κ1) is 13.3. The lowest BCUT2D eigenvalue weighted by molar-refractivity contribution is -0.142. The van der Waals surface area contributed by atoms with Gasteiger partial charge in [0.1, 0.15) is 0 Å². The van der Waals surface area contributed by atoms with Crippen LogP contribution >= 0.6 is 0 Å². The van der Waals surface area contributed by atoms with Crippen molar-refractivity contribution in [2.45, 2.75) is 62.9 Å². The highest BCUT2D eigenvalue weighted by atomic mass is 16.4. The summed E-state index contributed by atoms with van der Waals surface area (Å²) < 4.78 is 0. The van der Waals surface area contributed by atoms with E-state index >= 15 is 0 Å². The number of carboxylic acids is 1. The van der Waals surface area contributed by atoms with Gasteiger partial charge in [0.05, 0.1) is 5.92 Å². The molecule has 0 aliphatic heterocycles. The molecule has 0 saturated heterocycles. The molecule has 0 bridgehead atoms. The zero-order valence-electron chi connectivity index (χ0n) is 10.7. The van der Waals surface area contributed by atoms with E-state index in [0.29, 0.717) is 19.3 Å². The molecule has 0 heterocycles. The standard InChI is InChI=1S/C13H22N2O3/c14-13(6-1-7-13)8-11(16)15-10-4-2-9(3-5-10)12(17)18/h9-10H,1-8,14H2,(H,15,16)(H,17,18). The van der Waals surface area contributed by atoms with E-state index in [0.717, 1.165) is 32.1 Å². The summed E-state index contributed by atoms with van der Waals surface area (Å²) in [5.74, 6) is -0.920. The number of rotatable bonds is 4. The first-order valence-corrected chi connectivity index (χ1v) is 6.80. The molecule has 2 aliphatic carbocycles. The summed E-state index contributed by atoms with van der Waals surface area (Å²) in [7, 11) is 0. The van der Waals surface area contributed by atoms with Crippen LogP contribution < -0.4 is 11.1 Å². The Balaban J connectivity index is 1.71. The average Bonchev–Trinajstić information content (AvgIpc) is 2.27. The molecule has 102 valence electrons. The highest BCUT2D eigenvalue weighted by molar-refractivity contribution is 5.77. The first-order chi connectivity index (χ1) is 8.48. The summed E-state index contributed by atoms with van der Waals surface area (Å²) in [6.45, 7) is 0. The minimum absolute atomic E-state index is 0.0241. The van der Waals surface area contributed by atoms with Crippen molar-refractivity contribution >= 4 is 11.9 Å². The third-order valence-electron chi connectivity index (χ3n) is 4.30. The quantitative estimate of drug-likeness (QED) is 0.698. The smallest absolute Gasteiger partial charge is 0.306 e. The molecule has 0 atom stereocenters. The molecule has 18 heavy (non-hydrogen) atoms. The number of nitrogens with one attached hydrogen (secondary N) is 1. The van der Waals surface area contributed by atoms with Gasteiger partial charge in [0.2, 0.25) is 5.91 Å². The number of carbonyl (C=O) groups excluding carboxylic acids is 1. The average molecular weight is 254 g/mol. The molecule has 5 heteroatoms. The second kappa shape index (κ2) is 5.26. The Hall–Kier alpha value is -1.10. The van der Waals surface area contributed by atoms with Crippen molar-refractivity contribution in [3.05, 3.63) is 0 Å². The summed E-state index contributed by atoms with van der Waals surface area (Å²) in [6, 6.07) is 0.136. The Bertz CT molecular complexity index is 331. The van der Waals surface area contributed by atoms with Gasteiger partial charge in [-0.05, 0) is 44.9 Å². The summed E-state index contributed by atoms with van der Waals surface area (Å²) in [6.07, 6.45) is 6.25. The van der Waals surface area contributed by atoms with E-state index < -0.39 is 5.97 Å². The van der Waals surface area contributed by atoms with Gasteiger partial charge in [-0.15, -0.1) is 0 Å². The minimum Gasteiger partial charge on any atom is -0.481 e. The van der Waals surface area contributed by atoms with Gasteiger partial charge in [0, 0.05) is 18.0 Å². The maximum Gasteiger partial charge on any atom is 0.306 e. The lowest BCUT2D eigenvalue weighted by Crippen LogP contribution is -2.51. The second-order valence-electron chi connectivity index (χ2n) is 5.85. The Kier molecular flexibility index (Phi) is 3.90. The molecule has 2 rings (SSSR count). The number of hydrogen-bond donors (Lipinski definition) is 3. The fourth-order valence-electron chi connectivity index (χ4n) is 2.89. The molecule has 5 nitrogen and oxygen atoms in total. The zero-order valence-corrected chi connectivity index (χ0v) is 10.7. The minimum atomic E-state index is -0.713. The summed E-state index contributed by atoms with van der Waals surface area (Å²) in [4.78, 5) is 22.6. The topological polar surface area (TPSA) is 92.4 Å². The van der Waals surface area contributed by atoms with Crippen LogP contribution in [-0.4, -0.2) is 28.6 Å². The Morgan fingerprint density at radius 3 is 2.28 bits per heavy atom. The molecule has 0 unspecified atom stereocenters. The second-order valence-corrected chi connectivity index (χ2v) is 5.85. The fourth-order valence-corrected chi connectivity index (χ4v) is 2.89. The van der Waals surface area contributed by atoms with E-state index in [4.69, 9.17) is 10.8 Å². The van der Waals surface area contributed by atoms with Gasteiger partial charge < -0.3 is 16.2 Å². The summed E-state index contributed by atoms with van der Waals surface area (Å²) in [5.41, 5.74) is 5.76. The predicted octanol–water partition coefficient (Wildman–Crippen LogP) is 1.02. The van der Waals surface area contributed by atoms with E-state index in [2.05, 4.69) is 5.32 Å². The van der Waals surface area contributed by atoms with Gasteiger partial charge in [-0.25, -0.2) is 0 Å². The van der Waals surface area contributed by atoms with E-state index in [-0.39, 0.29) is 23.4 Å². The highest BCUT2D eigenvalue weighted by Crippen LogP contribution is 2.32. The monoisotopic (exact) mass is 254 g/mol. The van der Waals surface area contributed by atoms with Crippen LogP contribution in [0.25, 0.3) is 0 Å². The van der Waals surface area contributed by atoms with E-state index in [1.807, 2.05) is 0 Å². The van der Waals surface area contributed by atoms with Crippen LogP contribution in [-0.2, 0) is 9.59 Å². The maximum absolute atomic E-state index is 11.8. The first-order valence-electron chi connectivity index (χ1n) is 6.80. The molecule has 0 aromatic carbocycles. The largest absolute Gasteiger partial charge is 0.481 e. The van der Waals surface area contributed by atoms with E-state index in [1.165, 1.54) is 0 Å². The molecule has 0 radical (unpaired) electrons. The highest BCUT2D eigenvalue weighted by Gasteiger charge is 2.35. The summed E-state index contributed by atoms with van der Waals surface area (Å²) >= 11 is 0. The zero-order chi connectivity index (χ0) is 13.2. The van der Waals surface area contributed by atoms with Gasteiger partial charge in [-0.3, -0.25) is 9.59 Å². The molecule has 2 aliphatic rings. The third kappa shape index (κ3) is 3.22. The van der Waals surface area contributed by atoms with Crippen molar-refractivity contribution < 1.29 is 14.7 Å². The summed E-state index contributed by atoms with van der Waals surface area (Å²) in [5, 5.41) is 11.9. The lowest BCUT2D eigenvalue weighted by atomic mass is 9.75. The third-order valence-corrected chi connectivity index (χ3v) is 4.30. The molecule has 0 aromatic rings. The molecule has 4 N–H and O–H groups in total. The van der Waals surface area contributed by atoms with Crippen LogP contribution in [0.1, 0.15) is 51.4 Å². The van der Waals surface area contributed by atoms with Gasteiger partial charge in [-0.2, -0.15) is 0 Å².